The van der Waals surface area contributed by atoms with Gasteiger partial charge in [-0.05, 0) is 57.1 Å². The summed E-state index contributed by atoms with van der Waals surface area (Å²) in [6.07, 6.45) is 2.87. The molecular formula is C19H27FN2O. The SMILES string of the molecule is Cc1ccc(F)cc1CN1C[C@@H]2[C@H](CN(C)C)[C@H]3CC[C@]2(C1)O3. The molecule has 2 bridgehead atoms. The second kappa shape index (κ2) is 5.54. The average Bonchev–Trinajstić information content (AvgIpc) is 3.12. The molecule has 4 atom stereocenters. The van der Waals surface area contributed by atoms with Crippen LogP contribution in [0.5, 0.6) is 0 Å². The molecule has 3 heterocycles. The van der Waals surface area contributed by atoms with Crippen LogP contribution in [0.1, 0.15) is 24.0 Å². The Hall–Kier alpha value is -0.970. The molecule has 1 spiro atoms. The Morgan fingerprint density at radius 1 is 1.39 bits per heavy atom. The lowest BCUT2D eigenvalue weighted by Crippen LogP contribution is -2.40. The third-order valence-electron chi connectivity index (χ3n) is 6.14. The molecule has 4 heteroatoms. The molecule has 0 N–H and O–H groups in total. The Bertz CT molecular complexity index is 605. The first kappa shape index (κ1) is 15.6. The standard InChI is InChI=1S/C19H27FN2O/c1-13-4-5-15(20)8-14(13)9-22-11-17-16(10-21(2)3)18-6-7-19(17,12-22)23-18/h4-5,8,16-18H,6-7,9-12H2,1-3H3/t16-,17+,18+,19+/m0/s1. The van der Waals surface area contributed by atoms with Gasteiger partial charge >= 0.3 is 0 Å². The third kappa shape index (κ3) is 2.61. The van der Waals surface area contributed by atoms with Crippen molar-refractivity contribution in [2.75, 3.05) is 33.7 Å². The van der Waals surface area contributed by atoms with E-state index in [-0.39, 0.29) is 11.4 Å². The van der Waals surface area contributed by atoms with Crippen LogP contribution in [0.4, 0.5) is 4.39 Å². The van der Waals surface area contributed by atoms with Gasteiger partial charge in [0.15, 0.2) is 0 Å². The Kier molecular flexibility index (Phi) is 3.74. The van der Waals surface area contributed by atoms with Crippen molar-refractivity contribution in [3.8, 4) is 0 Å². The van der Waals surface area contributed by atoms with E-state index in [0.717, 1.165) is 31.7 Å². The smallest absolute Gasteiger partial charge is 0.123 e. The second-order valence-electron chi connectivity index (χ2n) is 8.03. The van der Waals surface area contributed by atoms with Gasteiger partial charge in [-0.25, -0.2) is 4.39 Å². The number of hydrogen-bond acceptors (Lipinski definition) is 3. The van der Waals surface area contributed by atoms with Crippen LogP contribution >= 0.6 is 0 Å². The highest BCUT2D eigenvalue weighted by Gasteiger charge is 2.62. The van der Waals surface area contributed by atoms with Crippen molar-refractivity contribution in [1.82, 2.24) is 9.80 Å². The van der Waals surface area contributed by atoms with Crippen LogP contribution in [-0.2, 0) is 11.3 Å². The fourth-order valence-electron chi connectivity index (χ4n) is 5.12. The van der Waals surface area contributed by atoms with E-state index in [4.69, 9.17) is 4.74 Å². The van der Waals surface area contributed by atoms with E-state index < -0.39 is 0 Å². The maximum atomic E-state index is 13.6. The minimum Gasteiger partial charge on any atom is -0.370 e. The number of aryl methyl sites for hydroxylation is 1. The van der Waals surface area contributed by atoms with Crippen LogP contribution in [0.15, 0.2) is 18.2 Å². The van der Waals surface area contributed by atoms with Crippen LogP contribution in [0.25, 0.3) is 0 Å². The number of ether oxygens (including phenoxy) is 1. The Balaban J connectivity index is 1.51. The lowest BCUT2D eigenvalue weighted by molar-refractivity contribution is 0.00143. The van der Waals surface area contributed by atoms with Gasteiger partial charge in [0.2, 0.25) is 0 Å². The zero-order valence-corrected chi connectivity index (χ0v) is 14.4. The summed E-state index contributed by atoms with van der Waals surface area (Å²) < 4.78 is 20.0. The van der Waals surface area contributed by atoms with Crippen molar-refractivity contribution in [2.45, 2.75) is 38.0 Å². The summed E-state index contributed by atoms with van der Waals surface area (Å²) >= 11 is 0. The summed E-state index contributed by atoms with van der Waals surface area (Å²) in [6.45, 7) is 6.12. The fraction of sp³-hybridized carbons (Fsp3) is 0.684. The van der Waals surface area contributed by atoms with Crippen LogP contribution < -0.4 is 0 Å². The van der Waals surface area contributed by atoms with Gasteiger partial charge in [0.25, 0.3) is 0 Å². The van der Waals surface area contributed by atoms with Gasteiger partial charge < -0.3 is 9.64 Å². The molecular weight excluding hydrogens is 291 g/mol. The summed E-state index contributed by atoms with van der Waals surface area (Å²) in [5.74, 6) is 1.15. The predicted molar refractivity (Wildman–Crippen MR) is 88.8 cm³/mol. The molecule has 23 heavy (non-hydrogen) atoms. The van der Waals surface area contributed by atoms with Crippen LogP contribution in [0.3, 0.4) is 0 Å². The lowest BCUT2D eigenvalue weighted by atomic mass is 9.73. The first-order valence-corrected chi connectivity index (χ1v) is 8.77. The molecule has 0 aliphatic carbocycles. The van der Waals surface area contributed by atoms with Gasteiger partial charge in [0.05, 0.1) is 11.7 Å². The average molecular weight is 318 g/mol. The van der Waals surface area contributed by atoms with E-state index in [9.17, 15) is 4.39 Å². The molecule has 0 saturated carbocycles. The summed E-state index contributed by atoms with van der Waals surface area (Å²) in [4.78, 5) is 4.78. The highest BCUT2D eigenvalue weighted by atomic mass is 19.1. The second-order valence-corrected chi connectivity index (χ2v) is 8.03. The highest BCUT2D eigenvalue weighted by Crippen LogP contribution is 2.55. The zero-order chi connectivity index (χ0) is 16.2. The van der Waals surface area contributed by atoms with E-state index in [1.165, 1.54) is 18.4 Å². The number of likely N-dealkylation sites (tertiary alicyclic amines) is 1. The molecule has 0 aromatic heterocycles. The van der Waals surface area contributed by atoms with Crippen molar-refractivity contribution in [3.05, 3.63) is 35.1 Å². The van der Waals surface area contributed by atoms with E-state index in [1.54, 1.807) is 12.1 Å². The molecule has 3 saturated heterocycles. The maximum absolute atomic E-state index is 13.6. The minimum absolute atomic E-state index is 0.0760. The lowest BCUT2D eigenvalue weighted by Gasteiger charge is -2.31. The van der Waals surface area contributed by atoms with E-state index in [1.807, 2.05) is 6.07 Å². The molecule has 3 fully saturated rings. The molecule has 4 rings (SSSR count). The predicted octanol–water partition coefficient (Wildman–Crippen LogP) is 2.68. The zero-order valence-electron chi connectivity index (χ0n) is 14.4. The van der Waals surface area contributed by atoms with E-state index in [0.29, 0.717) is 17.9 Å². The fourth-order valence-corrected chi connectivity index (χ4v) is 5.12. The molecule has 126 valence electrons. The summed E-state index contributed by atoms with van der Waals surface area (Å²) in [6, 6.07) is 5.13. The van der Waals surface area contributed by atoms with Gasteiger partial charge in [0.1, 0.15) is 5.82 Å². The summed E-state index contributed by atoms with van der Waals surface area (Å²) in [7, 11) is 4.31. The Morgan fingerprint density at radius 2 is 2.22 bits per heavy atom. The number of fused-ring (bicyclic) bond motifs is 1. The molecule has 3 aliphatic rings. The van der Waals surface area contributed by atoms with Crippen molar-refractivity contribution < 1.29 is 9.13 Å². The number of benzene rings is 1. The van der Waals surface area contributed by atoms with Gasteiger partial charge in [-0.2, -0.15) is 0 Å². The third-order valence-corrected chi connectivity index (χ3v) is 6.14. The first-order valence-electron chi connectivity index (χ1n) is 8.77. The maximum Gasteiger partial charge on any atom is 0.123 e. The summed E-state index contributed by atoms with van der Waals surface area (Å²) in [5.41, 5.74) is 2.36. The van der Waals surface area contributed by atoms with Crippen molar-refractivity contribution in [2.24, 2.45) is 11.8 Å². The Morgan fingerprint density at radius 3 is 3.00 bits per heavy atom. The van der Waals surface area contributed by atoms with Gasteiger partial charge in [-0.1, -0.05) is 6.07 Å². The van der Waals surface area contributed by atoms with Gasteiger partial charge in [-0.15, -0.1) is 0 Å². The van der Waals surface area contributed by atoms with Gasteiger partial charge in [-0.3, -0.25) is 4.90 Å². The molecule has 0 amide bonds. The number of rotatable bonds is 4. The van der Waals surface area contributed by atoms with Crippen LogP contribution in [-0.4, -0.2) is 55.2 Å². The molecule has 1 aromatic rings. The van der Waals surface area contributed by atoms with E-state index >= 15 is 0 Å². The normalized spacial score (nSPS) is 36.1. The first-order chi connectivity index (χ1) is 11.0. The molecule has 3 aliphatic heterocycles. The number of halogens is 1. The number of hydrogen-bond donors (Lipinski definition) is 0. The minimum atomic E-state index is -0.134. The molecule has 0 unspecified atom stereocenters. The molecule has 3 nitrogen and oxygen atoms in total. The van der Waals surface area contributed by atoms with Crippen LogP contribution in [0, 0.1) is 24.6 Å². The van der Waals surface area contributed by atoms with Gasteiger partial charge in [0, 0.05) is 38.0 Å². The summed E-state index contributed by atoms with van der Waals surface area (Å²) in [5, 5.41) is 0. The molecule has 0 radical (unpaired) electrons. The Labute approximate surface area is 138 Å². The highest BCUT2D eigenvalue weighted by molar-refractivity contribution is 5.27. The topological polar surface area (TPSA) is 15.7 Å². The van der Waals surface area contributed by atoms with Crippen molar-refractivity contribution in [3.63, 3.8) is 0 Å². The number of nitrogens with zero attached hydrogens (tertiary/aromatic N) is 2. The van der Waals surface area contributed by atoms with E-state index in [2.05, 4.69) is 30.8 Å². The van der Waals surface area contributed by atoms with Crippen molar-refractivity contribution in [1.29, 1.82) is 0 Å². The van der Waals surface area contributed by atoms with Crippen molar-refractivity contribution >= 4 is 0 Å². The largest absolute Gasteiger partial charge is 0.370 e. The molecule has 1 aromatic carbocycles. The van der Waals surface area contributed by atoms with Crippen LogP contribution in [0.2, 0.25) is 0 Å². The monoisotopic (exact) mass is 318 g/mol. The quantitative estimate of drug-likeness (QED) is 0.849.